The number of methoxy groups -OCH3 is 1. The first kappa shape index (κ1) is 27.1. The lowest BCUT2D eigenvalue weighted by Crippen LogP contribution is -2.12. The molecule has 5 aromatic rings. The number of aromatic nitrogens is 6. The first-order chi connectivity index (χ1) is 18.7. The van der Waals surface area contributed by atoms with E-state index in [-0.39, 0.29) is 0 Å². The maximum Gasteiger partial charge on any atom is 0.229 e. The van der Waals surface area contributed by atoms with Crippen LogP contribution in [-0.4, -0.2) is 60.6 Å². The zero-order valence-electron chi connectivity index (χ0n) is 21.9. The number of hydrogen-bond acceptors (Lipinski definition) is 9. The van der Waals surface area contributed by atoms with Gasteiger partial charge in [0.05, 0.1) is 50.2 Å². The second-order valence-electron chi connectivity index (χ2n) is 8.83. The molecule has 200 valence electrons. The lowest BCUT2D eigenvalue weighted by molar-refractivity contribution is 0.415. The van der Waals surface area contributed by atoms with Gasteiger partial charge in [-0.3, -0.25) is 18.9 Å². The fourth-order valence-electron chi connectivity index (χ4n) is 4.19. The van der Waals surface area contributed by atoms with E-state index in [1.165, 1.54) is 0 Å². The number of halogens is 1. The van der Waals surface area contributed by atoms with Gasteiger partial charge in [-0.15, -0.1) is 0 Å². The lowest BCUT2D eigenvalue weighted by atomic mass is 10.1. The molecule has 0 amide bonds. The maximum atomic E-state index is 12.6. The van der Waals surface area contributed by atoms with E-state index in [9.17, 15) is 4.21 Å². The summed E-state index contributed by atoms with van der Waals surface area (Å²) in [6, 6.07) is 7.60. The first-order valence-corrected chi connectivity index (χ1v) is 16.4. The van der Waals surface area contributed by atoms with E-state index in [0.29, 0.717) is 32.6 Å². The summed E-state index contributed by atoms with van der Waals surface area (Å²) in [5.41, 5.74) is 4.90. The largest absolute Gasteiger partial charge is 0.495 e. The van der Waals surface area contributed by atoms with Crippen LogP contribution in [0.5, 0.6) is 5.75 Å². The van der Waals surface area contributed by atoms with Gasteiger partial charge in [-0.2, -0.15) is 10.1 Å². The Labute approximate surface area is 238 Å². The van der Waals surface area contributed by atoms with Crippen LogP contribution in [-0.2, 0) is 17.8 Å². The Morgan fingerprint density at radius 1 is 1.05 bits per heavy atom. The van der Waals surface area contributed by atoms with Gasteiger partial charge < -0.3 is 15.4 Å². The SMILES string of the molecule is COc1cc(S(C)=O)c(-c2cnn(C)c2)cc1Nc1ncc(Br)c(Nc2ccc3nccnc3c2P(C)C)n1. The molecule has 0 bridgehead atoms. The third-order valence-electron chi connectivity index (χ3n) is 5.93. The molecule has 3 aromatic heterocycles. The van der Waals surface area contributed by atoms with E-state index in [4.69, 9.17) is 9.72 Å². The van der Waals surface area contributed by atoms with Gasteiger partial charge in [0, 0.05) is 60.2 Å². The molecule has 0 fully saturated rings. The fraction of sp³-hybridized carbons (Fsp3) is 0.192. The van der Waals surface area contributed by atoms with Crippen molar-refractivity contribution in [2.75, 3.05) is 37.3 Å². The van der Waals surface area contributed by atoms with Gasteiger partial charge in [0.2, 0.25) is 5.95 Å². The monoisotopic (exact) mass is 624 g/mol. The van der Waals surface area contributed by atoms with Crippen molar-refractivity contribution in [3.63, 3.8) is 0 Å². The highest BCUT2D eigenvalue weighted by molar-refractivity contribution is 9.10. The van der Waals surface area contributed by atoms with E-state index in [2.05, 4.69) is 59.9 Å². The Balaban J connectivity index is 1.53. The highest BCUT2D eigenvalue weighted by Gasteiger charge is 2.18. The Morgan fingerprint density at radius 2 is 1.85 bits per heavy atom. The first-order valence-electron chi connectivity index (χ1n) is 11.8. The van der Waals surface area contributed by atoms with Crippen LogP contribution in [0, 0.1) is 0 Å². The molecule has 39 heavy (non-hydrogen) atoms. The molecule has 10 nitrogen and oxygen atoms in total. The van der Waals surface area contributed by atoms with E-state index in [1.807, 2.05) is 31.4 Å². The summed E-state index contributed by atoms with van der Waals surface area (Å²) in [4.78, 5) is 18.9. The van der Waals surface area contributed by atoms with Crippen LogP contribution in [0.2, 0.25) is 0 Å². The summed E-state index contributed by atoms with van der Waals surface area (Å²) in [6.45, 7) is 4.37. The van der Waals surface area contributed by atoms with Crippen LogP contribution in [0.4, 0.5) is 23.1 Å². The van der Waals surface area contributed by atoms with E-state index < -0.39 is 18.7 Å². The molecule has 5 rings (SSSR count). The minimum atomic E-state index is -1.24. The average Bonchev–Trinajstić information content (AvgIpc) is 3.35. The zero-order valence-corrected chi connectivity index (χ0v) is 25.2. The Morgan fingerprint density at radius 3 is 2.54 bits per heavy atom. The third kappa shape index (κ3) is 5.63. The van der Waals surface area contributed by atoms with Gasteiger partial charge in [-0.05, 0) is 53.5 Å². The smallest absolute Gasteiger partial charge is 0.229 e. The maximum absolute atomic E-state index is 12.6. The minimum absolute atomic E-state index is 0.360. The second kappa shape index (κ2) is 11.3. The van der Waals surface area contributed by atoms with Crippen molar-refractivity contribution in [3.8, 4) is 16.9 Å². The summed E-state index contributed by atoms with van der Waals surface area (Å²) in [5.74, 6) is 1.47. The van der Waals surface area contributed by atoms with Crippen LogP contribution in [0.1, 0.15) is 0 Å². The molecule has 1 unspecified atom stereocenters. The van der Waals surface area contributed by atoms with Crippen molar-refractivity contribution in [1.29, 1.82) is 0 Å². The van der Waals surface area contributed by atoms with Crippen molar-refractivity contribution < 1.29 is 8.95 Å². The van der Waals surface area contributed by atoms with Gasteiger partial charge in [0.15, 0.2) is 0 Å². The average molecular weight is 625 g/mol. The molecule has 3 heterocycles. The molecule has 0 radical (unpaired) electrons. The molecule has 0 aliphatic heterocycles. The van der Waals surface area contributed by atoms with Crippen LogP contribution in [0.3, 0.4) is 0 Å². The second-order valence-corrected chi connectivity index (χ2v) is 13.3. The lowest BCUT2D eigenvalue weighted by Gasteiger charge is -2.18. The molecular formula is C26H26BrN8O2PS. The van der Waals surface area contributed by atoms with Crippen LogP contribution >= 0.6 is 23.9 Å². The molecule has 1 atom stereocenters. The van der Waals surface area contributed by atoms with Crippen molar-refractivity contribution >= 4 is 74.1 Å². The van der Waals surface area contributed by atoms with E-state index >= 15 is 0 Å². The number of nitrogens with one attached hydrogen (secondary N) is 2. The van der Waals surface area contributed by atoms with Crippen LogP contribution in [0.15, 0.2) is 64.6 Å². The van der Waals surface area contributed by atoms with Crippen LogP contribution in [0.25, 0.3) is 22.2 Å². The quantitative estimate of drug-likeness (QED) is 0.225. The van der Waals surface area contributed by atoms with Crippen molar-refractivity contribution in [3.05, 3.63) is 59.7 Å². The molecule has 0 aliphatic carbocycles. The molecule has 0 saturated carbocycles. The van der Waals surface area contributed by atoms with E-state index in [0.717, 1.165) is 33.2 Å². The van der Waals surface area contributed by atoms with Gasteiger partial charge in [-0.25, -0.2) is 4.98 Å². The molecule has 0 aliphatic rings. The predicted molar refractivity (Wildman–Crippen MR) is 162 cm³/mol. The number of hydrogen-bond donors (Lipinski definition) is 2. The summed E-state index contributed by atoms with van der Waals surface area (Å²) in [7, 11) is 1.67. The Hall–Kier alpha value is -3.47. The Bertz CT molecular complexity index is 1710. The van der Waals surface area contributed by atoms with Gasteiger partial charge >= 0.3 is 0 Å². The molecule has 2 N–H and O–H groups in total. The minimum Gasteiger partial charge on any atom is -0.495 e. The van der Waals surface area contributed by atoms with Crippen LogP contribution < -0.4 is 20.7 Å². The number of rotatable bonds is 8. The van der Waals surface area contributed by atoms with Crippen molar-refractivity contribution in [1.82, 2.24) is 29.7 Å². The highest BCUT2D eigenvalue weighted by atomic mass is 79.9. The highest BCUT2D eigenvalue weighted by Crippen LogP contribution is 2.38. The number of benzene rings is 2. The van der Waals surface area contributed by atoms with E-state index in [1.54, 1.807) is 48.9 Å². The summed E-state index contributed by atoms with van der Waals surface area (Å²) >= 11 is 3.58. The van der Waals surface area contributed by atoms with Gasteiger partial charge in [-0.1, -0.05) is 7.92 Å². The standard InChI is InChI=1S/C26H26BrN8O2PS/c1-35-14-15(12-31-35)16-10-20(21(37-2)11-22(16)39(5)36)33-26-30-13-17(27)25(34-26)32-19-7-6-18-23(24(19)38(3)4)29-9-8-28-18/h6-14H,1-5H3,(H2,30,32,33,34). The van der Waals surface area contributed by atoms with Crippen molar-refractivity contribution in [2.24, 2.45) is 7.05 Å². The summed E-state index contributed by atoms with van der Waals surface area (Å²) < 4.78 is 20.6. The molecular weight excluding hydrogens is 599 g/mol. The number of ether oxygens (including phenoxy) is 1. The number of nitrogens with zero attached hydrogens (tertiary/aromatic N) is 6. The third-order valence-corrected chi connectivity index (χ3v) is 8.82. The molecule has 13 heteroatoms. The number of anilines is 4. The summed E-state index contributed by atoms with van der Waals surface area (Å²) in [6.07, 6.45) is 10.4. The number of fused-ring (bicyclic) bond motifs is 1. The fourth-order valence-corrected chi connectivity index (χ4v) is 6.45. The predicted octanol–water partition coefficient (Wildman–Crippen LogP) is 5.18. The molecule has 2 aromatic carbocycles. The van der Waals surface area contributed by atoms with Crippen molar-refractivity contribution in [2.45, 2.75) is 4.90 Å². The Kier molecular flexibility index (Phi) is 7.88. The summed E-state index contributed by atoms with van der Waals surface area (Å²) in [5, 5.41) is 12.1. The number of aryl methyl sites for hydroxylation is 1. The normalized spacial score (nSPS) is 12.1. The van der Waals surface area contributed by atoms with Gasteiger partial charge in [0.1, 0.15) is 11.6 Å². The zero-order chi connectivity index (χ0) is 27.7. The topological polar surface area (TPSA) is 120 Å². The molecule has 0 spiro atoms. The molecule has 0 saturated heterocycles. The van der Waals surface area contributed by atoms with Gasteiger partial charge in [0.25, 0.3) is 0 Å².